The van der Waals surface area contributed by atoms with E-state index >= 15 is 0 Å². The number of carbonyl (C=O) groups is 1. The molecule has 0 aliphatic heterocycles. The highest BCUT2D eigenvalue weighted by molar-refractivity contribution is 7.92. The first-order valence-corrected chi connectivity index (χ1v) is 8.34. The quantitative estimate of drug-likeness (QED) is 0.871. The van der Waals surface area contributed by atoms with Crippen LogP contribution in [0.4, 0.5) is 4.39 Å². The molecule has 0 aromatic heterocycles. The first-order chi connectivity index (χ1) is 9.38. The summed E-state index contributed by atoms with van der Waals surface area (Å²) in [6, 6.07) is 5.29. The van der Waals surface area contributed by atoms with E-state index in [4.69, 9.17) is 0 Å². The van der Waals surface area contributed by atoms with E-state index in [-0.39, 0.29) is 0 Å². The van der Waals surface area contributed by atoms with Gasteiger partial charge in [-0.05, 0) is 43.4 Å². The second-order valence-corrected chi connectivity index (χ2v) is 7.57. The third-order valence-corrected chi connectivity index (χ3v) is 5.51. The Kier molecular flexibility index (Phi) is 4.42. The summed E-state index contributed by atoms with van der Waals surface area (Å²) in [5.74, 6) is -0.902. The zero-order valence-electron chi connectivity index (χ0n) is 11.3. The van der Waals surface area contributed by atoms with Gasteiger partial charge in [-0.15, -0.1) is 0 Å². The van der Waals surface area contributed by atoms with Crippen LogP contribution in [-0.2, 0) is 14.6 Å². The third-order valence-electron chi connectivity index (χ3n) is 3.50. The van der Waals surface area contributed by atoms with Crippen molar-refractivity contribution in [2.24, 2.45) is 5.92 Å². The van der Waals surface area contributed by atoms with Crippen molar-refractivity contribution in [2.75, 3.05) is 12.3 Å². The number of nitrogens with one attached hydrogen (secondary N) is 1. The van der Waals surface area contributed by atoms with E-state index in [0.717, 1.165) is 12.8 Å². The molecule has 0 spiro atoms. The van der Waals surface area contributed by atoms with E-state index in [1.165, 1.54) is 31.2 Å². The molecule has 1 aliphatic carbocycles. The summed E-state index contributed by atoms with van der Waals surface area (Å²) in [5.41, 5.74) is 0.487. The van der Waals surface area contributed by atoms with Crippen LogP contribution in [0.5, 0.6) is 0 Å². The predicted molar refractivity (Wildman–Crippen MR) is 74.3 cm³/mol. The van der Waals surface area contributed by atoms with Gasteiger partial charge < -0.3 is 5.32 Å². The Morgan fingerprint density at radius 1 is 1.35 bits per heavy atom. The molecule has 4 nitrogen and oxygen atoms in total. The zero-order valence-corrected chi connectivity index (χ0v) is 12.1. The number of hydrogen-bond acceptors (Lipinski definition) is 3. The van der Waals surface area contributed by atoms with Crippen LogP contribution in [0.3, 0.4) is 0 Å². The van der Waals surface area contributed by atoms with Gasteiger partial charge in [-0.3, -0.25) is 4.79 Å². The van der Waals surface area contributed by atoms with Crippen LogP contribution in [0, 0.1) is 11.7 Å². The molecule has 0 radical (unpaired) electrons. The van der Waals surface area contributed by atoms with Crippen LogP contribution in [0.15, 0.2) is 24.3 Å². The van der Waals surface area contributed by atoms with Gasteiger partial charge in [0.2, 0.25) is 5.91 Å². The fourth-order valence-corrected chi connectivity index (χ4v) is 3.17. The van der Waals surface area contributed by atoms with E-state index < -0.39 is 32.6 Å². The van der Waals surface area contributed by atoms with Gasteiger partial charge in [0, 0.05) is 6.54 Å². The van der Waals surface area contributed by atoms with Crippen molar-refractivity contribution in [2.45, 2.75) is 25.0 Å². The molecule has 0 heterocycles. The van der Waals surface area contributed by atoms with Crippen molar-refractivity contribution in [3.8, 4) is 0 Å². The van der Waals surface area contributed by atoms with Crippen LogP contribution in [-0.4, -0.2) is 26.6 Å². The number of sulfone groups is 1. The minimum absolute atomic E-state index is 0.416. The Bertz CT molecular complexity index is 579. The van der Waals surface area contributed by atoms with Gasteiger partial charge in [-0.1, -0.05) is 12.1 Å². The van der Waals surface area contributed by atoms with Gasteiger partial charge in [0.05, 0.1) is 5.25 Å². The summed E-state index contributed by atoms with van der Waals surface area (Å²) in [6.07, 6.45) is 2.19. The van der Waals surface area contributed by atoms with Crippen molar-refractivity contribution in [3.05, 3.63) is 35.6 Å². The van der Waals surface area contributed by atoms with Crippen molar-refractivity contribution in [1.82, 2.24) is 5.32 Å². The number of benzene rings is 1. The number of halogens is 1. The SMILES string of the molecule is C[C@@H](c1ccc(F)cc1)S(=O)(=O)CC(=O)NCC1CC1. The van der Waals surface area contributed by atoms with Gasteiger partial charge in [0.25, 0.3) is 0 Å². The second kappa shape index (κ2) is 5.91. The minimum atomic E-state index is -3.59. The molecule has 1 amide bonds. The predicted octanol–water partition coefficient (Wildman–Crippen LogP) is 1.83. The Morgan fingerprint density at radius 2 is 1.95 bits per heavy atom. The van der Waals surface area contributed by atoms with Crippen LogP contribution in [0.2, 0.25) is 0 Å². The van der Waals surface area contributed by atoms with Gasteiger partial charge >= 0.3 is 0 Å². The van der Waals surface area contributed by atoms with Gasteiger partial charge in [0.15, 0.2) is 9.84 Å². The van der Waals surface area contributed by atoms with Crippen molar-refractivity contribution >= 4 is 15.7 Å². The first kappa shape index (κ1) is 15.0. The van der Waals surface area contributed by atoms with Crippen LogP contribution in [0.1, 0.15) is 30.6 Å². The smallest absolute Gasteiger partial charge is 0.235 e. The van der Waals surface area contributed by atoms with Crippen LogP contribution >= 0.6 is 0 Å². The Balaban J connectivity index is 1.97. The van der Waals surface area contributed by atoms with Crippen molar-refractivity contribution < 1.29 is 17.6 Å². The summed E-state index contributed by atoms with van der Waals surface area (Å²) in [7, 11) is -3.59. The molecule has 1 aromatic rings. The lowest BCUT2D eigenvalue weighted by atomic mass is 10.2. The zero-order chi connectivity index (χ0) is 14.8. The summed E-state index contributed by atoms with van der Waals surface area (Å²) in [4.78, 5) is 11.6. The van der Waals surface area contributed by atoms with E-state index in [0.29, 0.717) is 18.0 Å². The maximum atomic E-state index is 12.8. The standard InChI is InChI=1S/C14H18FNO3S/c1-10(12-4-6-13(15)7-5-12)20(18,19)9-14(17)16-8-11-2-3-11/h4-7,10-11H,2-3,8-9H2,1H3,(H,16,17)/t10-/m0/s1. The maximum Gasteiger partial charge on any atom is 0.235 e. The largest absolute Gasteiger partial charge is 0.355 e. The molecule has 20 heavy (non-hydrogen) atoms. The van der Waals surface area contributed by atoms with Gasteiger partial charge in [0.1, 0.15) is 11.6 Å². The number of hydrogen-bond donors (Lipinski definition) is 1. The monoisotopic (exact) mass is 299 g/mol. The number of amides is 1. The van der Waals surface area contributed by atoms with E-state index in [9.17, 15) is 17.6 Å². The van der Waals surface area contributed by atoms with Gasteiger partial charge in [-0.25, -0.2) is 12.8 Å². The summed E-state index contributed by atoms with van der Waals surface area (Å²) in [5, 5.41) is 1.81. The highest BCUT2D eigenvalue weighted by Gasteiger charge is 2.27. The lowest BCUT2D eigenvalue weighted by Gasteiger charge is -2.13. The lowest BCUT2D eigenvalue weighted by molar-refractivity contribution is -0.118. The van der Waals surface area contributed by atoms with Crippen LogP contribution in [0.25, 0.3) is 0 Å². The van der Waals surface area contributed by atoms with E-state index in [1.54, 1.807) is 0 Å². The van der Waals surface area contributed by atoms with E-state index in [2.05, 4.69) is 5.32 Å². The normalized spacial score (nSPS) is 16.7. The third kappa shape index (κ3) is 4.03. The molecule has 0 saturated heterocycles. The molecule has 1 saturated carbocycles. The molecule has 1 aromatic carbocycles. The molecular formula is C14H18FNO3S. The van der Waals surface area contributed by atoms with Crippen LogP contribution < -0.4 is 5.32 Å². The number of carbonyl (C=O) groups excluding carboxylic acids is 1. The van der Waals surface area contributed by atoms with E-state index in [1.807, 2.05) is 0 Å². The summed E-state index contributed by atoms with van der Waals surface area (Å²) < 4.78 is 37.1. The fraction of sp³-hybridized carbons (Fsp3) is 0.500. The highest BCUT2D eigenvalue weighted by Crippen LogP contribution is 2.27. The van der Waals surface area contributed by atoms with Crippen molar-refractivity contribution in [3.63, 3.8) is 0 Å². The summed E-state index contributed by atoms with van der Waals surface area (Å²) >= 11 is 0. The Morgan fingerprint density at radius 3 is 2.50 bits per heavy atom. The first-order valence-electron chi connectivity index (χ1n) is 6.62. The molecule has 0 unspecified atom stereocenters. The van der Waals surface area contributed by atoms with Gasteiger partial charge in [-0.2, -0.15) is 0 Å². The fourth-order valence-electron chi connectivity index (χ4n) is 1.88. The molecule has 6 heteroatoms. The topological polar surface area (TPSA) is 63.2 Å². The second-order valence-electron chi connectivity index (χ2n) is 5.25. The highest BCUT2D eigenvalue weighted by atomic mass is 32.2. The molecule has 1 fully saturated rings. The molecule has 2 rings (SSSR count). The maximum absolute atomic E-state index is 12.8. The summed E-state index contributed by atoms with van der Waals surface area (Å²) in [6.45, 7) is 2.07. The minimum Gasteiger partial charge on any atom is -0.355 e. The molecule has 1 N–H and O–H groups in total. The Labute approximate surface area is 118 Å². The molecular weight excluding hydrogens is 281 g/mol. The molecule has 0 bridgehead atoms. The lowest BCUT2D eigenvalue weighted by Crippen LogP contribution is -2.33. The molecule has 1 atom stereocenters. The van der Waals surface area contributed by atoms with Crippen molar-refractivity contribution in [1.29, 1.82) is 0 Å². The average molecular weight is 299 g/mol. The average Bonchev–Trinajstić information content (AvgIpc) is 3.20. The number of rotatable bonds is 6. The Hall–Kier alpha value is -1.43. The molecule has 1 aliphatic rings. The molecule has 110 valence electrons.